The molecule has 0 radical (unpaired) electrons. The Kier molecular flexibility index (Phi) is 7.89. The Morgan fingerprint density at radius 2 is 1.08 bits per heavy atom. The van der Waals surface area contributed by atoms with Gasteiger partial charge in [0.15, 0.2) is 0 Å². The molecule has 2 rings (SSSR count). The zero-order valence-electron chi connectivity index (χ0n) is 12.6. The van der Waals surface area contributed by atoms with Gasteiger partial charge in [-0.1, -0.05) is 31.9 Å². The highest BCUT2D eigenvalue weighted by Gasteiger charge is 2.15. The summed E-state index contributed by atoms with van der Waals surface area (Å²) in [6, 6.07) is 12.7. The molecule has 0 heterocycles. The summed E-state index contributed by atoms with van der Waals surface area (Å²) in [4.78, 5) is 0.420. The molecular formula is C14H14Br2ClNO4S2. The van der Waals surface area contributed by atoms with Crippen molar-refractivity contribution >= 4 is 61.6 Å². The fourth-order valence-corrected chi connectivity index (χ4v) is 3.61. The Labute approximate surface area is 163 Å². The molecule has 0 aliphatic rings. The van der Waals surface area contributed by atoms with Crippen LogP contribution < -0.4 is 0 Å². The van der Waals surface area contributed by atoms with Crippen LogP contribution in [0.25, 0.3) is 0 Å². The molecule has 0 aliphatic heterocycles. The zero-order valence-corrected chi connectivity index (χ0v) is 18.2. The van der Waals surface area contributed by atoms with Crippen LogP contribution in [0.3, 0.4) is 0 Å². The second kappa shape index (κ2) is 8.77. The molecule has 0 amide bonds. The summed E-state index contributed by atoms with van der Waals surface area (Å²) in [7, 11) is 1.24. The lowest BCUT2D eigenvalue weighted by Gasteiger charge is -2.10. The topological polar surface area (TPSA) is 71.5 Å². The van der Waals surface area contributed by atoms with E-state index in [0.29, 0.717) is 4.90 Å². The smallest absolute Gasteiger partial charge is 0.207 e. The number of rotatable bonds is 3. The molecule has 10 heteroatoms. The summed E-state index contributed by atoms with van der Waals surface area (Å²) in [5.74, 6) is 0. The van der Waals surface area contributed by atoms with Crippen LogP contribution in [-0.4, -0.2) is 35.2 Å². The third kappa shape index (κ3) is 6.45. The molecule has 0 unspecified atom stereocenters. The molecular weight excluding hydrogens is 506 g/mol. The minimum absolute atomic E-state index is 0.113. The molecule has 2 aromatic carbocycles. The van der Waals surface area contributed by atoms with Gasteiger partial charge in [-0.3, -0.25) is 0 Å². The van der Waals surface area contributed by atoms with Crippen LogP contribution in [0.15, 0.2) is 67.3 Å². The Bertz CT molecular complexity index is 881. The SMILES string of the molecule is CN(C)S(=O)(=O)c1ccc(Br)cc1.O=S(=O)(Cl)c1ccc(Br)cc1. The van der Waals surface area contributed by atoms with E-state index in [1.54, 1.807) is 36.4 Å². The van der Waals surface area contributed by atoms with Crippen LogP contribution in [-0.2, 0) is 19.1 Å². The van der Waals surface area contributed by atoms with Crippen molar-refractivity contribution < 1.29 is 16.8 Å². The monoisotopic (exact) mass is 517 g/mol. The third-order valence-corrected chi connectivity index (χ3v) is 6.94. The average molecular weight is 520 g/mol. The fraction of sp³-hybridized carbons (Fsp3) is 0.143. The molecule has 24 heavy (non-hydrogen) atoms. The number of hydrogen-bond donors (Lipinski definition) is 0. The molecule has 0 saturated carbocycles. The normalized spacial score (nSPS) is 11.8. The summed E-state index contributed by atoms with van der Waals surface area (Å²) in [6.45, 7) is 0. The van der Waals surface area contributed by atoms with Crippen LogP contribution >= 0.6 is 42.5 Å². The number of sulfonamides is 1. The minimum Gasteiger partial charge on any atom is -0.207 e. The van der Waals surface area contributed by atoms with Crippen LogP contribution in [0.4, 0.5) is 0 Å². The lowest BCUT2D eigenvalue weighted by Crippen LogP contribution is -2.21. The van der Waals surface area contributed by atoms with Crippen LogP contribution in [0.2, 0.25) is 0 Å². The first-order valence-electron chi connectivity index (χ1n) is 6.33. The van der Waals surface area contributed by atoms with Crippen molar-refractivity contribution in [1.29, 1.82) is 0 Å². The molecule has 5 nitrogen and oxygen atoms in total. The molecule has 0 spiro atoms. The molecule has 0 atom stereocenters. The second-order valence-electron chi connectivity index (χ2n) is 4.63. The van der Waals surface area contributed by atoms with Crippen molar-refractivity contribution in [1.82, 2.24) is 4.31 Å². The third-order valence-electron chi connectivity index (χ3n) is 2.69. The maximum absolute atomic E-state index is 11.6. The van der Waals surface area contributed by atoms with E-state index in [0.717, 1.165) is 8.95 Å². The molecule has 0 N–H and O–H groups in total. The van der Waals surface area contributed by atoms with E-state index < -0.39 is 19.1 Å². The van der Waals surface area contributed by atoms with E-state index >= 15 is 0 Å². The summed E-state index contributed by atoms with van der Waals surface area (Å²) in [5, 5.41) is 0. The van der Waals surface area contributed by atoms with Gasteiger partial charge < -0.3 is 0 Å². The van der Waals surface area contributed by atoms with Crippen LogP contribution in [0.5, 0.6) is 0 Å². The van der Waals surface area contributed by atoms with Gasteiger partial charge in [0.05, 0.1) is 9.79 Å². The Hall–Kier alpha value is -0.450. The predicted molar refractivity (Wildman–Crippen MR) is 102 cm³/mol. The van der Waals surface area contributed by atoms with Gasteiger partial charge in [0, 0.05) is 33.7 Å². The molecule has 132 valence electrons. The standard InChI is InChI=1S/C8H10BrNO2S.C6H4BrClO2S/c1-10(2)13(11,12)8-5-3-7(9)4-6-8;7-5-1-3-6(4-2-5)11(8,9)10/h3-6H,1-2H3;1-4H. The van der Waals surface area contributed by atoms with E-state index in [1.165, 1.54) is 30.5 Å². The second-order valence-corrected chi connectivity index (χ2v) is 11.2. The molecule has 0 aliphatic carbocycles. The lowest BCUT2D eigenvalue weighted by atomic mass is 10.4. The quantitative estimate of drug-likeness (QED) is 0.573. The van der Waals surface area contributed by atoms with Gasteiger partial charge in [-0.15, -0.1) is 0 Å². The molecule has 0 bridgehead atoms. The first-order chi connectivity index (χ1) is 10.9. The van der Waals surface area contributed by atoms with Gasteiger partial charge in [0.1, 0.15) is 0 Å². The zero-order chi connectivity index (χ0) is 18.5. The van der Waals surface area contributed by atoms with E-state index in [4.69, 9.17) is 10.7 Å². The van der Waals surface area contributed by atoms with E-state index in [1.807, 2.05) is 0 Å². The van der Waals surface area contributed by atoms with Gasteiger partial charge in [0.2, 0.25) is 10.0 Å². The van der Waals surface area contributed by atoms with Gasteiger partial charge in [0.25, 0.3) is 9.05 Å². The van der Waals surface area contributed by atoms with Gasteiger partial charge >= 0.3 is 0 Å². The van der Waals surface area contributed by atoms with Gasteiger partial charge in [-0.05, 0) is 48.5 Å². The van der Waals surface area contributed by atoms with Crippen LogP contribution in [0.1, 0.15) is 0 Å². The van der Waals surface area contributed by atoms with Gasteiger partial charge in [-0.2, -0.15) is 0 Å². The molecule has 2 aromatic rings. The predicted octanol–water partition coefficient (Wildman–Crippen LogP) is 4.08. The Balaban J connectivity index is 0.000000243. The number of nitrogens with zero attached hydrogens (tertiary/aromatic N) is 1. The van der Waals surface area contributed by atoms with Crippen molar-refractivity contribution in [3.8, 4) is 0 Å². The number of halogens is 3. The fourth-order valence-electron chi connectivity index (χ4n) is 1.41. The minimum atomic E-state index is -3.57. The number of benzene rings is 2. The van der Waals surface area contributed by atoms with E-state index in [-0.39, 0.29) is 4.90 Å². The highest BCUT2D eigenvalue weighted by Crippen LogP contribution is 2.18. The van der Waals surface area contributed by atoms with Crippen LogP contribution in [0, 0.1) is 0 Å². The van der Waals surface area contributed by atoms with Crippen molar-refractivity contribution in [2.45, 2.75) is 9.79 Å². The van der Waals surface area contributed by atoms with Crippen molar-refractivity contribution in [3.63, 3.8) is 0 Å². The highest BCUT2D eigenvalue weighted by atomic mass is 79.9. The molecule has 0 fully saturated rings. The average Bonchev–Trinajstić information content (AvgIpc) is 2.47. The summed E-state index contributed by atoms with van der Waals surface area (Å²) in [5.41, 5.74) is 0. The van der Waals surface area contributed by atoms with Crippen molar-refractivity contribution in [2.24, 2.45) is 0 Å². The van der Waals surface area contributed by atoms with E-state index in [2.05, 4.69) is 31.9 Å². The van der Waals surface area contributed by atoms with Crippen molar-refractivity contribution in [2.75, 3.05) is 14.1 Å². The molecule has 0 saturated heterocycles. The Morgan fingerprint density at radius 3 is 1.38 bits per heavy atom. The largest absolute Gasteiger partial charge is 0.261 e. The van der Waals surface area contributed by atoms with Crippen molar-refractivity contribution in [3.05, 3.63) is 57.5 Å². The number of hydrogen-bond acceptors (Lipinski definition) is 4. The molecule has 0 aromatic heterocycles. The maximum Gasteiger partial charge on any atom is 0.261 e. The van der Waals surface area contributed by atoms with Gasteiger partial charge in [-0.25, -0.2) is 21.1 Å². The first-order valence-corrected chi connectivity index (χ1v) is 11.7. The first kappa shape index (κ1) is 21.6. The van der Waals surface area contributed by atoms with E-state index in [9.17, 15) is 16.8 Å². The highest BCUT2D eigenvalue weighted by molar-refractivity contribution is 9.10. The maximum atomic E-state index is 11.6. The Morgan fingerprint density at radius 1 is 0.750 bits per heavy atom. The summed E-state index contributed by atoms with van der Waals surface area (Å²) < 4.78 is 47.4. The summed E-state index contributed by atoms with van der Waals surface area (Å²) >= 11 is 6.42. The lowest BCUT2D eigenvalue weighted by molar-refractivity contribution is 0.520. The summed E-state index contributed by atoms with van der Waals surface area (Å²) in [6.07, 6.45) is 0.